The number of phenols is 1. The first-order valence-electron chi connectivity index (χ1n) is 12.2. The molecule has 6 nitrogen and oxygen atoms in total. The fraction of sp³-hybridized carbons (Fsp3) is 0.310. The highest BCUT2D eigenvalue weighted by atomic mass is 19.1. The lowest BCUT2D eigenvalue weighted by Gasteiger charge is -2.25. The fourth-order valence-electron chi connectivity index (χ4n) is 4.00. The molecule has 2 unspecified atom stereocenters. The Bertz CT molecular complexity index is 1200. The van der Waals surface area contributed by atoms with Gasteiger partial charge in [0.25, 0.3) is 0 Å². The Morgan fingerprint density at radius 1 is 0.946 bits per heavy atom. The second-order valence-electron chi connectivity index (χ2n) is 8.95. The summed E-state index contributed by atoms with van der Waals surface area (Å²) >= 11 is 0. The van der Waals surface area contributed by atoms with E-state index in [0.29, 0.717) is 17.7 Å². The van der Waals surface area contributed by atoms with Gasteiger partial charge in [-0.3, -0.25) is 9.59 Å². The van der Waals surface area contributed by atoms with Crippen molar-refractivity contribution < 1.29 is 28.2 Å². The van der Waals surface area contributed by atoms with Gasteiger partial charge in [-0.15, -0.1) is 0 Å². The standard InChI is InChI=1S/C29H32F2N2O4/c1-2-19-5-3-6-20(11-19)17-33-18-28(26(32)14-21-12-23(30)16-24(31)13-21)37-29(36)10-9-27(35)22-7-4-8-25(34)15-22/h3-8,11-13,15-16,26,28,33-34H,2,9-10,14,17-18,32H2,1H3. The number of carbonyl (C=O) groups is 2. The molecule has 0 fully saturated rings. The number of halogens is 2. The fourth-order valence-corrected chi connectivity index (χ4v) is 4.00. The number of hydrogen-bond acceptors (Lipinski definition) is 6. The van der Waals surface area contributed by atoms with Gasteiger partial charge in [0.15, 0.2) is 5.78 Å². The van der Waals surface area contributed by atoms with Crippen LogP contribution in [0.5, 0.6) is 5.75 Å². The van der Waals surface area contributed by atoms with Gasteiger partial charge < -0.3 is 20.9 Å². The largest absolute Gasteiger partial charge is 0.508 e. The van der Waals surface area contributed by atoms with E-state index < -0.39 is 29.7 Å². The zero-order valence-corrected chi connectivity index (χ0v) is 20.8. The number of aromatic hydroxyl groups is 1. The molecular formula is C29H32F2N2O4. The summed E-state index contributed by atoms with van der Waals surface area (Å²) in [7, 11) is 0. The molecule has 0 aliphatic rings. The molecule has 3 rings (SSSR count). The molecule has 3 aromatic rings. The Morgan fingerprint density at radius 3 is 2.35 bits per heavy atom. The molecule has 0 radical (unpaired) electrons. The van der Waals surface area contributed by atoms with Gasteiger partial charge in [-0.25, -0.2) is 8.78 Å². The first-order chi connectivity index (χ1) is 17.7. The van der Waals surface area contributed by atoms with E-state index in [1.807, 2.05) is 18.2 Å². The number of rotatable bonds is 13. The van der Waals surface area contributed by atoms with E-state index in [2.05, 4.69) is 18.3 Å². The number of phenolic OH excluding ortho intramolecular Hbond substituents is 1. The summed E-state index contributed by atoms with van der Waals surface area (Å²) in [5.41, 5.74) is 9.23. The molecule has 2 atom stereocenters. The van der Waals surface area contributed by atoms with Gasteiger partial charge in [0.1, 0.15) is 23.5 Å². The maximum absolute atomic E-state index is 13.7. The van der Waals surface area contributed by atoms with Gasteiger partial charge in [-0.05, 0) is 53.8 Å². The highest BCUT2D eigenvalue weighted by Gasteiger charge is 2.23. The molecule has 37 heavy (non-hydrogen) atoms. The summed E-state index contributed by atoms with van der Waals surface area (Å²) < 4.78 is 32.9. The van der Waals surface area contributed by atoms with Crippen molar-refractivity contribution in [2.24, 2.45) is 5.73 Å². The second kappa shape index (κ2) is 13.6. The molecule has 0 aliphatic heterocycles. The van der Waals surface area contributed by atoms with E-state index in [4.69, 9.17) is 10.5 Å². The van der Waals surface area contributed by atoms with E-state index in [0.717, 1.165) is 18.1 Å². The van der Waals surface area contributed by atoms with Crippen molar-refractivity contribution in [1.82, 2.24) is 5.32 Å². The first-order valence-corrected chi connectivity index (χ1v) is 12.2. The summed E-state index contributed by atoms with van der Waals surface area (Å²) in [6.45, 7) is 2.79. The van der Waals surface area contributed by atoms with Crippen molar-refractivity contribution in [1.29, 1.82) is 0 Å². The average molecular weight is 511 g/mol. The minimum atomic E-state index is -0.802. The number of benzene rings is 3. The number of hydrogen-bond donors (Lipinski definition) is 3. The van der Waals surface area contributed by atoms with Crippen LogP contribution in [0.4, 0.5) is 8.78 Å². The monoisotopic (exact) mass is 510 g/mol. The molecule has 196 valence electrons. The Labute approximate surface area is 215 Å². The summed E-state index contributed by atoms with van der Waals surface area (Å²) in [6.07, 6.45) is -0.0858. The van der Waals surface area contributed by atoms with Crippen LogP contribution in [0.2, 0.25) is 0 Å². The number of nitrogens with two attached hydrogens (primary N) is 1. The molecule has 4 N–H and O–H groups in total. The van der Waals surface area contributed by atoms with Crippen LogP contribution in [0.25, 0.3) is 0 Å². The molecule has 3 aromatic carbocycles. The highest BCUT2D eigenvalue weighted by molar-refractivity contribution is 5.97. The molecule has 0 aliphatic carbocycles. The maximum atomic E-state index is 13.7. The Hall–Kier alpha value is -3.62. The topological polar surface area (TPSA) is 102 Å². The summed E-state index contributed by atoms with van der Waals surface area (Å²) in [4.78, 5) is 25.0. The minimum Gasteiger partial charge on any atom is -0.508 e. The molecule has 0 amide bonds. The zero-order valence-electron chi connectivity index (χ0n) is 20.8. The number of Topliss-reactive ketones (excluding diaryl/α,β-unsaturated/α-hetero) is 1. The van der Waals surface area contributed by atoms with Crippen LogP contribution < -0.4 is 11.1 Å². The van der Waals surface area contributed by atoms with Crippen LogP contribution in [0, 0.1) is 11.6 Å². The molecule has 0 heterocycles. The van der Waals surface area contributed by atoms with Crippen molar-refractivity contribution in [3.8, 4) is 5.75 Å². The van der Waals surface area contributed by atoms with Gasteiger partial charge in [0.2, 0.25) is 0 Å². The maximum Gasteiger partial charge on any atom is 0.306 e. The molecule has 0 saturated carbocycles. The van der Waals surface area contributed by atoms with Crippen molar-refractivity contribution in [2.45, 2.75) is 51.3 Å². The van der Waals surface area contributed by atoms with Crippen LogP contribution in [-0.4, -0.2) is 35.5 Å². The quantitative estimate of drug-likeness (QED) is 0.232. The van der Waals surface area contributed by atoms with Gasteiger partial charge in [0.05, 0.1) is 6.42 Å². The van der Waals surface area contributed by atoms with E-state index >= 15 is 0 Å². The van der Waals surface area contributed by atoms with Gasteiger partial charge in [-0.1, -0.05) is 43.3 Å². The molecule has 0 saturated heterocycles. The van der Waals surface area contributed by atoms with Crippen molar-refractivity contribution >= 4 is 11.8 Å². The Kier molecular flexibility index (Phi) is 10.3. The third-order valence-electron chi connectivity index (χ3n) is 5.95. The van der Waals surface area contributed by atoms with Gasteiger partial charge >= 0.3 is 5.97 Å². The average Bonchev–Trinajstić information content (AvgIpc) is 2.86. The number of ether oxygens (including phenoxy) is 1. The third-order valence-corrected chi connectivity index (χ3v) is 5.95. The zero-order chi connectivity index (χ0) is 26.8. The number of esters is 1. The summed E-state index contributed by atoms with van der Waals surface area (Å²) in [5, 5.41) is 12.8. The van der Waals surface area contributed by atoms with E-state index in [1.165, 1.54) is 29.8 Å². The summed E-state index contributed by atoms with van der Waals surface area (Å²) in [5.74, 6) is -2.39. The van der Waals surface area contributed by atoms with Gasteiger partial charge in [-0.2, -0.15) is 0 Å². The lowest BCUT2D eigenvalue weighted by Crippen LogP contribution is -2.46. The third kappa shape index (κ3) is 9.08. The molecule has 0 spiro atoms. The van der Waals surface area contributed by atoms with Crippen molar-refractivity contribution in [3.05, 3.63) is 101 Å². The van der Waals surface area contributed by atoms with Crippen LogP contribution in [0.1, 0.15) is 46.8 Å². The molecule has 8 heteroatoms. The van der Waals surface area contributed by atoms with Crippen LogP contribution in [-0.2, 0) is 28.9 Å². The van der Waals surface area contributed by atoms with E-state index in [9.17, 15) is 23.5 Å². The minimum absolute atomic E-state index is 0.0382. The predicted octanol–water partition coefficient (Wildman–Crippen LogP) is 4.47. The summed E-state index contributed by atoms with van der Waals surface area (Å²) in [6, 6.07) is 16.4. The number of aryl methyl sites for hydroxylation is 1. The van der Waals surface area contributed by atoms with Crippen LogP contribution in [0.15, 0.2) is 66.7 Å². The SMILES string of the molecule is CCc1cccc(CNCC(OC(=O)CCC(=O)c2cccc(O)c2)C(N)Cc2cc(F)cc(F)c2)c1. The number of ketones is 1. The van der Waals surface area contributed by atoms with E-state index in [1.54, 1.807) is 12.1 Å². The van der Waals surface area contributed by atoms with Gasteiger partial charge in [0, 0.05) is 37.2 Å². The second-order valence-corrected chi connectivity index (χ2v) is 8.95. The number of nitrogens with one attached hydrogen (secondary N) is 1. The van der Waals surface area contributed by atoms with Crippen molar-refractivity contribution in [3.63, 3.8) is 0 Å². The van der Waals surface area contributed by atoms with Crippen LogP contribution in [0.3, 0.4) is 0 Å². The normalized spacial score (nSPS) is 12.6. The smallest absolute Gasteiger partial charge is 0.306 e. The molecule has 0 aromatic heterocycles. The molecule has 0 bridgehead atoms. The van der Waals surface area contributed by atoms with E-state index in [-0.39, 0.29) is 37.3 Å². The molecular weight excluding hydrogens is 478 g/mol. The first kappa shape index (κ1) is 28.0. The Morgan fingerprint density at radius 2 is 1.65 bits per heavy atom. The predicted molar refractivity (Wildman–Crippen MR) is 137 cm³/mol. The lowest BCUT2D eigenvalue weighted by atomic mass is 10.0. The van der Waals surface area contributed by atoms with Crippen molar-refractivity contribution in [2.75, 3.05) is 6.54 Å². The Balaban J connectivity index is 1.63. The number of carbonyl (C=O) groups excluding carboxylic acids is 2. The lowest BCUT2D eigenvalue weighted by molar-refractivity contribution is -0.149. The highest BCUT2D eigenvalue weighted by Crippen LogP contribution is 2.15. The van der Waals surface area contributed by atoms with Crippen LogP contribution >= 0.6 is 0 Å².